The summed E-state index contributed by atoms with van der Waals surface area (Å²) in [5.74, 6) is -1.16. The van der Waals surface area contributed by atoms with E-state index >= 15 is 0 Å². The van der Waals surface area contributed by atoms with Crippen LogP contribution < -0.4 is 0 Å². The van der Waals surface area contributed by atoms with E-state index in [9.17, 15) is 8.78 Å². The van der Waals surface area contributed by atoms with Crippen molar-refractivity contribution in [2.75, 3.05) is 0 Å². The molecule has 3 heterocycles. The summed E-state index contributed by atoms with van der Waals surface area (Å²) >= 11 is 5.89. The van der Waals surface area contributed by atoms with E-state index in [4.69, 9.17) is 16.0 Å². The molecule has 0 N–H and O–H groups in total. The predicted octanol–water partition coefficient (Wildman–Crippen LogP) is 4.47. The summed E-state index contributed by atoms with van der Waals surface area (Å²) in [6.45, 7) is 0.201. The standard InChI is InChI=1S/C20H11ClF2N6O/c21-12-6-4-11(5-7-12)20-28-27-17(30-20)10-29-9-16-15(8-24-29)25-19(26-16)13-2-1-3-14(22)18(13)23/h1-9H,10H2. The van der Waals surface area contributed by atoms with E-state index in [1.807, 2.05) is 0 Å². The van der Waals surface area contributed by atoms with Crippen molar-refractivity contribution in [3.8, 4) is 34.2 Å². The molecule has 0 atom stereocenters. The van der Waals surface area contributed by atoms with Gasteiger partial charge in [0.1, 0.15) is 17.9 Å². The minimum Gasteiger partial charge on any atom is -0.419 e. The number of halogens is 3. The number of benzene rings is 2. The normalized spacial score (nSPS) is 11.3. The van der Waals surface area contributed by atoms with Crippen LogP contribution in [0.15, 0.2) is 59.3 Å². The highest BCUT2D eigenvalue weighted by Crippen LogP contribution is 2.27. The Morgan fingerprint density at radius 2 is 1.77 bits per heavy atom. The molecule has 0 amide bonds. The summed E-state index contributed by atoms with van der Waals surface area (Å²) in [6, 6.07) is 10.9. The zero-order chi connectivity index (χ0) is 20.7. The Bertz CT molecular complexity index is 1320. The fourth-order valence-electron chi connectivity index (χ4n) is 2.91. The van der Waals surface area contributed by atoms with Gasteiger partial charge in [0.2, 0.25) is 11.8 Å². The second-order valence-electron chi connectivity index (χ2n) is 6.40. The quantitative estimate of drug-likeness (QED) is 0.423. The van der Waals surface area contributed by atoms with Gasteiger partial charge in [0, 0.05) is 10.6 Å². The molecule has 1 aromatic heterocycles. The molecule has 30 heavy (non-hydrogen) atoms. The molecule has 148 valence electrons. The second kappa shape index (κ2) is 7.27. The molecule has 0 radical (unpaired) electrons. The monoisotopic (exact) mass is 424 g/mol. The van der Waals surface area contributed by atoms with Crippen molar-refractivity contribution in [2.45, 2.75) is 6.54 Å². The van der Waals surface area contributed by atoms with Crippen LogP contribution in [0.2, 0.25) is 5.02 Å². The number of imidazole rings is 1. The van der Waals surface area contributed by atoms with E-state index in [1.165, 1.54) is 18.3 Å². The van der Waals surface area contributed by atoms with E-state index in [0.717, 1.165) is 11.6 Å². The third-order valence-corrected chi connectivity index (χ3v) is 4.61. The van der Waals surface area contributed by atoms with Crippen molar-refractivity contribution in [3.05, 3.63) is 77.4 Å². The van der Waals surface area contributed by atoms with Gasteiger partial charge in [-0.05, 0) is 36.4 Å². The van der Waals surface area contributed by atoms with E-state index in [1.54, 1.807) is 35.1 Å². The van der Waals surface area contributed by atoms with Crippen molar-refractivity contribution < 1.29 is 13.2 Å². The highest BCUT2D eigenvalue weighted by molar-refractivity contribution is 6.30. The van der Waals surface area contributed by atoms with Crippen LogP contribution in [0.1, 0.15) is 5.89 Å². The summed E-state index contributed by atoms with van der Waals surface area (Å²) in [6.07, 6.45) is 3.11. The van der Waals surface area contributed by atoms with Gasteiger partial charge >= 0.3 is 0 Å². The van der Waals surface area contributed by atoms with Crippen LogP contribution in [0.25, 0.3) is 34.2 Å². The lowest BCUT2D eigenvalue weighted by molar-refractivity contribution is 0.470. The molecular weight excluding hydrogens is 414 g/mol. The fourth-order valence-corrected chi connectivity index (χ4v) is 3.04. The summed E-state index contributed by atoms with van der Waals surface area (Å²) in [5, 5.41) is 12.9. The van der Waals surface area contributed by atoms with Crippen LogP contribution in [0.5, 0.6) is 0 Å². The Hall–Kier alpha value is -3.72. The maximum absolute atomic E-state index is 14.0. The number of fused-ring (bicyclic) bond motifs is 1. The SMILES string of the molecule is Fc1cccc(-c2nc3cnn(Cc4nnc(-c5ccc(Cl)cc5)o4)cc-3n2)c1F. The molecule has 0 saturated carbocycles. The van der Waals surface area contributed by atoms with Gasteiger partial charge in [0.05, 0.1) is 18.0 Å². The Kier molecular flexibility index (Phi) is 4.44. The minimum atomic E-state index is -0.991. The van der Waals surface area contributed by atoms with Crippen LogP contribution in [-0.2, 0) is 6.54 Å². The van der Waals surface area contributed by atoms with Crippen molar-refractivity contribution in [3.63, 3.8) is 0 Å². The average molecular weight is 425 g/mol. The van der Waals surface area contributed by atoms with Crippen molar-refractivity contribution >= 4 is 11.6 Å². The maximum atomic E-state index is 14.0. The van der Waals surface area contributed by atoms with Crippen LogP contribution in [0.3, 0.4) is 0 Å². The molecule has 2 aromatic carbocycles. The second-order valence-corrected chi connectivity index (χ2v) is 6.83. The van der Waals surface area contributed by atoms with Crippen molar-refractivity contribution in [1.29, 1.82) is 0 Å². The fraction of sp³-hybridized carbons (Fsp3) is 0.0500. The summed E-state index contributed by atoms with van der Waals surface area (Å²) in [5.41, 5.74) is 1.66. The highest BCUT2D eigenvalue weighted by Gasteiger charge is 2.18. The molecule has 0 fully saturated rings. The van der Waals surface area contributed by atoms with Crippen LogP contribution in [0, 0.1) is 11.6 Å². The van der Waals surface area contributed by atoms with Crippen molar-refractivity contribution in [1.82, 2.24) is 29.9 Å². The van der Waals surface area contributed by atoms with Gasteiger partial charge in [-0.15, -0.1) is 10.2 Å². The zero-order valence-corrected chi connectivity index (χ0v) is 15.9. The Morgan fingerprint density at radius 3 is 2.60 bits per heavy atom. The third kappa shape index (κ3) is 3.39. The summed E-state index contributed by atoms with van der Waals surface area (Å²) in [4.78, 5) is 8.52. The number of hydrogen-bond donors (Lipinski definition) is 0. The van der Waals surface area contributed by atoms with Gasteiger partial charge < -0.3 is 4.42 Å². The molecule has 10 heteroatoms. The molecule has 0 saturated heterocycles. The predicted molar refractivity (Wildman–Crippen MR) is 104 cm³/mol. The van der Waals surface area contributed by atoms with E-state index in [2.05, 4.69) is 25.3 Å². The van der Waals surface area contributed by atoms with Crippen LogP contribution in [-0.4, -0.2) is 29.9 Å². The average Bonchev–Trinajstić information content (AvgIpc) is 3.37. The van der Waals surface area contributed by atoms with Gasteiger partial charge in [-0.25, -0.2) is 18.7 Å². The molecule has 5 rings (SSSR count). The number of aromatic nitrogens is 6. The molecule has 7 nitrogen and oxygen atoms in total. The first kappa shape index (κ1) is 18.3. The lowest BCUT2D eigenvalue weighted by atomic mass is 10.2. The van der Waals surface area contributed by atoms with Gasteiger partial charge in [-0.2, -0.15) is 5.10 Å². The van der Waals surface area contributed by atoms with Crippen LogP contribution in [0.4, 0.5) is 8.78 Å². The third-order valence-electron chi connectivity index (χ3n) is 4.36. The molecular formula is C20H11ClF2N6O. The van der Waals surface area contributed by atoms with E-state index in [-0.39, 0.29) is 17.9 Å². The zero-order valence-electron chi connectivity index (χ0n) is 15.1. The number of hydrogen-bond acceptors (Lipinski definition) is 6. The van der Waals surface area contributed by atoms with Gasteiger partial charge in [-0.1, -0.05) is 17.7 Å². The minimum absolute atomic E-state index is 0.0118. The van der Waals surface area contributed by atoms with Crippen LogP contribution >= 0.6 is 11.6 Å². The first-order chi connectivity index (χ1) is 14.6. The molecule has 0 bridgehead atoms. The van der Waals surface area contributed by atoms with Gasteiger partial charge in [0.25, 0.3) is 0 Å². The highest BCUT2D eigenvalue weighted by atomic mass is 35.5. The molecule has 0 spiro atoms. The first-order valence-electron chi connectivity index (χ1n) is 8.80. The lowest BCUT2D eigenvalue weighted by Gasteiger charge is -2.03. The lowest BCUT2D eigenvalue weighted by Crippen LogP contribution is -2.05. The van der Waals surface area contributed by atoms with E-state index in [0.29, 0.717) is 28.2 Å². The first-order valence-corrected chi connectivity index (χ1v) is 9.17. The molecule has 0 aliphatic carbocycles. The topological polar surface area (TPSA) is 82.5 Å². The maximum Gasteiger partial charge on any atom is 0.247 e. The molecule has 2 aliphatic heterocycles. The summed E-state index contributed by atoms with van der Waals surface area (Å²) in [7, 11) is 0. The summed E-state index contributed by atoms with van der Waals surface area (Å²) < 4.78 is 34.7. The smallest absolute Gasteiger partial charge is 0.247 e. The Labute approximate surface area is 173 Å². The Morgan fingerprint density at radius 1 is 0.967 bits per heavy atom. The molecule has 3 aromatic rings. The largest absolute Gasteiger partial charge is 0.419 e. The number of nitrogens with zero attached hydrogens (tertiary/aromatic N) is 6. The number of rotatable bonds is 4. The van der Waals surface area contributed by atoms with Gasteiger partial charge in [0.15, 0.2) is 17.5 Å². The Balaban J connectivity index is 1.42. The van der Waals surface area contributed by atoms with Crippen molar-refractivity contribution in [2.24, 2.45) is 0 Å². The van der Waals surface area contributed by atoms with E-state index < -0.39 is 11.6 Å². The molecule has 0 unspecified atom stereocenters. The molecule has 2 aliphatic rings. The van der Waals surface area contributed by atoms with Gasteiger partial charge in [-0.3, -0.25) is 4.68 Å².